The van der Waals surface area contributed by atoms with Crippen LogP contribution < -0.4 is 16.0 Å². The van der Waals surface area contributed by atoms with Crippen LogP contribution in [0.2, 0.25) is 0 Å². The SMILES string of the molecule is CNC(=O)c1cccnc1N[C@@H]1CCC[C@@H](C(=O)NC(C)C)C1. The van der Waals surface area contributed by atoms with Gasteiger partial charge in [-0.25, -0.2) is 4.98 Å². The van der Waals surface area contributed by atoms with Gasteiger partial charge in [0, 0.05) is 31.2 Å². The third kappa shape index (κ3) is 4.68. The number of pyridine rings is 1. The lowest BCUT2D eigenvalue weighted by atomic mass is 9.85. The third-order valence-electron chi connectivity index (χ3n) is 4.10. The highest BCUT2D eigenvalue weighted by Gasteiger charge is 2.28. The van der Waals surface area contributed by atoms with Crippen molar-refractivity contribution >= 4 is 17.6 Å². The van der Waals surface area contributed by atoms with Crippen LogP contribution in [-0.2, 0) is 4.79 Å². The topological polar surface area (TPSA) is 83.1 Å². The van der Waals surface area contributed by atoms with Crippen molar-refractivity contribution < 1.29 is 9.59 Å². The summed E-state index contributed by atoms with van der Waals surface area (Å²) in [4.78, 5) is 28.4. The molecule has 0 radical (unpaired) electrons. The Morgan fingerprint density at radius 3 is 2.78 bits per heavy atom. The standard InChI is InChI=1S/C17H26N4O2/c1-11(2)20-16(22)12-6-4-7-13(10-12)21-15-14(17(23)18-3)8-5-9-19-15/h5,8-9,11-13H,4,6-7,10H2,1-3H3,(H,18,23)(H,19,21)(H,20,22)/t12-,13-/m1/s1. The van der Waals surface area contributed by atoms with Gasteiger partial charge in [-0.05, 0) is 45.2 Å². The van der Waals surface area contributed by atoms with Crippen LogP contribution in [0.5, 0.6) is 0 Å². The zero-order valence-corrected chi connectivity index (χ0v) is 14.1. The lowest BCUT2D eigenvalue weighted by Gasteiger charge is -2.30. The summed E-state index contributed by atoms with van der Waals surface area (Å²) in [5.41, 5.74) is 0.531. The molecule has 1 aliphatic carbocycles. The number of amides is 2. The second-order valence-electron chi connectivity index (χ2n) is 6.35. The van der Waals surface area contributed by atoms with Gasteiger partial charge < -0.3 is 16.0 Å². The molecule has 0 aliphatic heterocycles. The molecule has 2 rings (SSSR count). The normalized spacial score (nSPS) is 20.9. The first-order valence-corrected chi connectivity index (χ1v) is 8.25. The van der Waals surface area contributed by atoms with Gasteiger partial charge in [-0.15, -0.1) is 0 Å². The summed E-state index contributed by atoms with van der Waals surface area (Å²) in [5, 5.41) is 8.96. The van der Waals surface area contributed by atoms with Gasteiger partial charge in [-0.2, -0.15) is 0 Å². The van der Waals surface area contributed by atoms with E-state index in [2.05, 4.69) is 20.9 Å². The number of aromatic nitrogens is 1. The van der Waals surface area contributed by atoms with E-state index in [4.69, 9.17) is 0 Å². The summed E-state index contributed by atoms with van der Waals surface area (Å²) in [5.74, 6) is 0.571. The molecule has 1 fully saturated rings. The van der Waals surface area contributed by atoms with Gasteiger partial charge in [0.05, 0.1) is 5.56 Å². The fourth-order valence-corrected chi connectivity index (χ4v) is 2.99. The van der Waals surface area contributed by atoms with E-state index in [0.29, 0.717) is 11.4 Å². The van der Waals surface area contributed by atoms with Crippen LogP contribution >= 0.6 is 0 Å². The van der Waals surface area contributed by atoms with Gasteiger partial charge in [0.1, 0.15) is 5.82 Å². The molecule has 126 valence electrons. The summed E-state index contributed by atoms with van der Waals surface area (Å²) < 4.78 is 0. The minimum absolute atomic E-state index is 0.0239. The Morgan fingerprint density at radius 1 is 1.30 bits per heavy atom. The molecule has 0 unspecified atom stereocenters. The summed E-state index contributed by atoms with van der Waals surface area (Å²) in [6.45, 7) is 3.94. The number of nitrogens with one attached hydrogen (secondary N) is 3. The lowest BCUT2D eigenvalue weighted by Crippen LogP contribution is -2.40. The highest BCUT2D eigenvalue weighted by Crippen LogP contribution is 2.27. The number of anilines is 1. The fourth-order valence-electron chi connectivity index (χ4n) is 2.99. The van der Waals surface area contributed by atoms with Crippen molar-refractivity contribution in [1.29, 1.82) is 0 Å². The Balaban J connectivity index is 2.03. The number of nitrogens with zero attached hydrogens (tertiary/aromatic N) is 1. The Bertz CT molecular complexity index is 559. The quantitative estimate of drug-likeness (QED) is 0.775. The van der Waals surface area contributed by atoms with Gasteiger partial charge in [0.25, 0.3) is 5.91 Å². The maximum Gasteiger partial charge on any atom is 0.254 e. The Morgan fingerprint density at radius 2 is 2.09 bits per heavy atom. The zero-order valence-electron chi connectivity index (χ0n) is 14.1. The molecule has 6 heteroatoms. The van der Waals surface area contributed by atoms with E-state index in [0.717, 1.165) is 25.7 Å². The van der Waals surface area contributed by atoms with E-state index in [1.807, 2.05) is 13.8 Å². The monoisotopic (exact) mass is 318 g/mol. The minimum Gasteiger partial charge on any atom is -0.367 e. The van der Waals surface area contributed by atoms with Crippen LogP contribution in [0.15, 0.2) is 18.3 Å². The van der Waals surface area contributed by atoms with Crippen molar-refractivity contribution in [3.63, 3.8) is 0 Å². The molecular formula is C17H26N4O2. The number of carbonyl (C=O) groups is 2. The van der Waals surface area contributed by atoms with Crippen LogP contribution in [0.3, 0.4) is 0 Å². The van der Waals surface area contributed by atoms with Crippen molar-refractivity contribution in [2.75, 3.05) is 12.4 Å². The molecule has 3 N–H and O–H groups in total. The summed E-state index contributed by atoms with van der Waals surface area (Å²) in [7, 11) is 1.60. The van der Waals surface area contributed by atoms with E-state index < -0.39 is 0 Å². The highest BCUT2D eigenvalue weighted by molar-refractivity contribution is 5.98. The molecule has 0 aromatic carbocycles. The van der Waals surface area contributed by atoms with Gasteiger partial charge in [-0.1, -0.05) is 6.42 Å². The number of carbonyl (C=O) groups excluding carboxylic acids is 2. The molecule has 1 aromatic heterocycles. The smallest absolute Gasteiger partial charge is 0.254 e. The molecule has 1 saturated carbocycles. The van der Waals surface area contributed by atoms with E-state index in [1.165, 1.54) is 0 Å². The zero-order chi connectivity index (χ0) is 16.8. The average Bonchev–Trinajstić information content (AvgIpc) is 2.54. The van der Waals surface area contributed by atoms with Crippen molar-refractivity contribution in [2.24, 2.45) is 5.92 Å². The van der Waals surface area contributed by atoms with E-state index >= 15 is 0 Å². The molecule has 1 heterocycles. The molecule has 0 saturated heterocycles. The van der Waals surface area contributed by atoms with Crippen LogP contribution in [0.25, 0.3) is 0 Å². The molecular weight excluding hydrogens is 292 g/mol. The molecule has 6 nitrogen and oxygen atoms in total. The predicted molar refractivity (Wildman–Crippen MR) is 90.3 cm³/mol. The van der Waals surface area contributed by atoms with E-state index in [1.54, 1.807) is 25.4 Å². The fraction of sp³-hybridized carbons (Fsp3) is 0.588. The van der Waals surface area contributed by atoms with Gasteiger partial charge in [0.15, 0.2) is 0 Å². The van der Waals surface area contributed by atoms with Gasteiger partial charge in [-0.3, -0.25) is 9.59 Å². The van der Waals surface area contributed by atoms with Crippen molar-refractivity contribution in [1.82, 2.24) is 15.6 Å². The summed E-state index contributed by atoms with van der Waals surface area (Å²) >= 11 is 0. The maximum atomic E-state index is 12.2. The highest BCUT2D eigenvalue weighted by atomic mass is 16.2. The summed E-state index contributed by atoms with van der Waals surface area (Å²) in [6.07, 6.45) is 5.33. The van der Waals surface area contributed by atoms with Crippen LogP contribution in [0.1, 0.15) is 49.9 Å². The van der Waals surface area contributed by atoms with Gasteiger partial charge in [0.2, 0.25) is 5.91 Å². The molecule has 0 spiro atoms. The average molecular weight is 318 g/mol. The summed E-state index contributed by atoms with van der Waals surface area (Å²) in [6, 6.07) is 3.81. The first-order valence-electron chi connectivity index (χ1n) is 8.25. The van der Waals surface area contributed by atoms with Crippen molar-refractivity contribution in [3.8, 4) is 0 Å². The van der Waals surface area contributed by atoms with Crippen LogP contribution in [0, 0.1) is 5.92 Å². The molecule has 1 aliphatic rings. The molecule has 0 bridgehead atoms. The van der Waals surface area contributed by atoms with Crippen molar-refractivity contribution in [3.05, 3.63) is 23.9 Å². The Kier molecular flexibility index (Phi) is 5.96. The largest absolute Gasteiger partial charge is 0.367 e. The van der Waals surface area contributed by atoms with E-state index in [-0.39, 0.29) is 29.8 Å². The Hall–Kier alpha value is -2.11. The number of hydrogen-bond donors (Lipinski definition) is 3. The van der Waals surface area contributed by atoms with Crippen molar-refractivity contribution in [2.45, 2.75) is 51.6 Å². The molecule has 2 amide bonds. The molecule has 23 heavy (non-hydrogen) atoms. The minimum atomic E-state index is -0.162. The second kappa shape index (κ2) is 7.94. The lowest BCUT2D eigenvalue weighted by molar-refractivity contribution is -0.126. The van der Waals surface area contributed by atoms with Crippen LogP contribution in [0.4, 0.5) is 5.82 Å². The Labute approximate surface area is 137 Å². The predicted octanol–water partition coefficient (Wildman–Crippen LogP) is 1.94. The first-order chi connectivity index (χ1) is 11.0. The third-order valence-corrected chi connectivity index (χ3v) is 4.10. The molecule has 1 aromatic rings. The second-order valence-corrected chi connectivity index (χ2v) is 6.35. The van der Waals surface area contributed by atoms with E-state index in [9.17, 15) is 9.59 Å². The number of rotatable bonds is 5. The number of hydrogen-bond acceptors (Lipinski definition) is 4. The van der Waals surface area contributed by atoms with Gasteiger partial charge >= 0.3 is 0 Å². The molecule has 2 atom stereocenters. The van der Waals surface area contributed by atoms with Crippen LogP contribution in [-0.4, -0.2) is 35.9 Å². The maximum absolute atomic E-state index is 12.2. The first kappa shape index (κ1) is 17.2.